The molecule has 0 heterocycles. The minimum atomic E-state index is -1.98. The van der Waals surface area contributed by atoms with E-state index >= 15 is 0 Å². The Hall–Kier alpha value is -1.62. The lowest BCUT2D eigenvalue weighted by Crippen LogP contribution is -2.31. The van der Waals surface area contributed by atoms with Crippen LogP contribution in [0, 0.1) is 6.92 Å². The number of carbonyl (C=O) groups is 1. The fourth-order valence-electron chi connectivity index (χ4n) is 1.46. The van der Waals surface area contributed by atoms with Crippen LogP contribution in [0.3, 0.4) is 0 Å². The van der Waals surface area contributed by atoms with Crippen molar-refractivity contribution in [2.45, 2.75) is 26.1 Å². The number of alkyl halides is 1. The highest BCUT2D eigenvalue weighted by molar-refractivity contribution is 5.76. The molecule has 94 valence electrons. The Labute approximate surface area is 99.2 Å². The molecule has 4 nitrogen and oxygen atoms in total. The second-order valence-electron chi connectivity index (χ2n) is 3.74. The van der Waals surface area contributed by atoms with Crippen LogP contribution in [0.1, 0.15) is 24.1 Å². The minimum Gasteiger partial charge on any atom is -0.508 e. The molecule has 0 aliphatic carbocycles. The minimum absolute atomic E-state index is 0.0891. The molecule has 1 aromatic rings. The highest BCUT2D eigenvalue weighted by Crippen LogP contribution is 2.27. The van der Waals surface area contributed by atoms with Crippen molar-refractivity contribution in [2.24, 2.45) is 5.73 Å². The van der Waals surface area contributed by atoms with Gasteiger partial charge in [0.2, 0.25) is 6.17 Å². The quantitative estimate of drug-likeness (QED) is 0.785. The average molecular weight is 241 g/mol. The number of carbonyl (C=O) groups excluding carboxylic acids is 1. The Morgan fingerprint density at radius 2 is 2.24 bits per heavy atom. The van der Waals surface area contributed by atoms with Crippen LogP contribution < -0.4 is 5.73 Å². The summed E-state index contributed by atoms with van der Waals surface area (Å²) in [5.74, 6) is -1.13. The summed E-state index contributed by atoms with van der Waals surface area (Å²) < 4.78 is 18.2. The number of aryl methyl sites for hydroxylation is 1. The summed E-state index contributed by atoms with van der Waals surface area (Å²) in [4.78, 5) is 11.2. The first-order valence-electron chi connectivity index (χ1n) is 5.33. The maximum atomic E-state index is 13.6. The third-order valence-corrected chi connectivity index (χ3v) is 2.37. The molecule has 0 bridgehead atoms. The molecular weight excluding hydrogens is 225 g/mol. The number of esters is 1. The van der Waals surface area contributed by atoms with Gasteiger partial charge in [-0.05, 0) is 25.5 Å². The molecule has 1 aromatic carbocycles. The van der Waals surface area contributed by atoms with Gasteiger partial charge in [-0.15, -0.1) is 0 Å². The highest BCUT2D eigenvalue weighted by Gasteiger charge is 2.29. The van der Waals surface area contributed by atoms with Gasteiger partial charge >= 0.3 is 5.97 Å². The van der Waals surface area contributed by atoms with E-state index in [-0.39, 0.29) is 17.9 Å². The van der Waals surface area contributed by atoms with Gasteiger partial charge in [0.25, 0.3) is 0 Å². The number of aromatic hydroxyl groups is 1. The van der Waals surface area contributed by atoms with Gasteiger partial charge in [0.05, 0.1) is 12.6 Å². The average Bonchev–Trinajstić information content (AvgIpc) is 2.27. The normalized spacial score (nSPS) is 14.1. The summed E-state index contributed by atoms with van der Waals surface area (Å²) in [5.41, 5.74) is 6.60. The largest absolute Gasteiger partial charge is 0.508 e. The van der Waals surface area contributed by atoms with Crippen LogP contribution in [0.5, 0.6) is 5.75 Å². The Morgan fingerprint density at radius 1 is 1.59 bits per heavy atom. The fourth-order valence-corrected chi connectivity index (χ4v) is 1.46. The van der Waals surface area contributed by atoms with Crippen molar-refractivity contribution >= 4 is 5.97 Å². The van der Waals surface area contributed by atoms with E-state index in [4.69, 9.17) is 5.73 Å². The maximum absolute atomic E-state index is 13.6. The number of phenolic OH excluding ortho intramolecular Hbond substituents is 1. The van der Waals surface area contributed by atoms with Crippen LogP contribution in [-0.2, 0) is 9.53 Å². The molecule has 1 unspecified atom stereocenters. The second kappa shape index (κ2) is 5.63. The van der Waals surface area contributed by atoms with E-state index in [0.29, 0.717) is 0 Å². The number of benzene rings is 1. The van der Waals surface area contributed by atoms with Gasteiger partial charge in [0.1, 0.15) is 5.75 Å². The van der Waals surface area contributed by atoms with Gasteiger partial charge in [-0.1, -0.05) is 12.1 Å². The smallest absolute Gasteiger partial charge is 0.342 e. The zero-order valence-corrected chi connectivity index (χ0v) is 9.81. The molecule has 0 fully saturated rings. The van der Waals surface area contributed by atoms with Crippen LogP contribution in [0.2, 0.25) is 0 Å². The Balaban J connectivity index is 2.88. The lowest BCUT2D eigenvalue weighted by atomic mass is 10.0. The summed E-state index contributed by atoms with van der Waals surface area (Å²) >= 11 is 0. The standard InChI is InChI=1S/C12H16FNO3/c1-3-17-12(16)10(13)11(14)8-5-4-7(2)6-9(8)15/h4-6,10-11,15H,3,14H2,1-2H3/t10?,11-/m0/s1. The second-order valence-corrected chi connectivity index (χ2v) is 3.74. The Morgan fingerprint density at radius 3 is 2.76 bits per heavy atom. The van der Waals surface area contributed by atoms with Gasteiger partial charge in [-0.3, -0.25) is 0 Å². The third kappa shape index (κ3) is 3.17. The van der Waals surface area contributed by atoms with Gasteiger partial charge in [-0.25, -0.2) is 9.18 Å². The van der Waals surface area contributed by atoms with Crippen molar-refractivity contribution in [3.05, 3.63) is 29.3 Å². The number of ether oxygens (including phenoxy) is 1. The molecule has 3 N–H and O–H groups in total. The van der Waals surface area contributed by atoms with Gasteiger partial charge in [0, 0.05) is 5.56 Å². The van der Waals surface area contributed by atoms with E-state index in [9.17, 15) is 14.3 Å². The lowest BCUT2D eigenvalue weighted by molar-refractivity contribution is -0.149. The third-order valence-electron chi connectivity index (χ3n) is 2.37. The molecule has 2 atom stereocenters. The molecular formula is C12H16FNO3. The Bertz CT molecular complexity index is 409. The molecule has 5 heteroatoms. The molecule has 0 aliphatic heterocycles. The van der Waals surface area contributed by atoms with Gasteiger partial charge in [-0.2, -0.15) is 0 Å². The van der Waals surface area contributed by atoms with Crippen molar-refractivity contribution < 1.29 is 19.0 Å². The summed E-state index contributed by atoms with van der Waals surface area (Å²) in [5, 5.41) is 9.62. The summed E-state index contributed by atoms with van der Waals surface area (Å²) in [6.07, 6.45) is -1.98. The van der Waals surface area contributed by atoms with Crippen LogP contribution >= 0.6 is 0 Å². The lowest BCUT2D eigenvalue weighted by Gasteiger charge is -2.17. The van der Waals surface area contributed by atoms with Gasteiger partial charge in [0.15, 0.2) is 0 Å². The van der Waals surface area contributed by atoms with E-state index in [0.717, 1.165) is 5.56 Å². The van der Waals surface area contributed by atoms with E-state index in [2.05, 4.69) is 4.74 Å². The predicted molar refractivity (Wildman–Crippen MR) is 61.3 cm³/mol. The maximum Gasteiger partial charge on any atom is 0.342 e. The molecule has 0 spiro atoms. The van der Waals surface area contributed by atoms with E-state index in [1.165, 1.54) is 12.1 Å². The van der Waals surface area contributed by atoms with Crippen LogP contribution in [0.4, 0.5) is 4.39 Å². The fraction of sp³-hybridized carbons (Fsp3) is 0.417. The van der Waals surface area contributed by atoms with Crippen molar-refractivity contribution in [3.8, 4) is 5.75 Å². The molecule has 0 saturated carbocycles. The van der Waals surface area contributed by atoms with Crippen LogP contribution in [0.15, 0.2) is 18.2 Å². The number of hydrogen-bond acceptors (Lipinski definition) is 4. The van der Waals surface area contributed by atoms with Crippen molar-refractivity contribution in [1.29, 1.82) is 0 Å². The summed E-state index contributed by atoms with van der Waals surface area (Å²) in [6.45, 7) is 3.46. The SMILES string of the molecule is CCOC(=O)C(F)[C@@H](N)c1ccc(C)cc1O. The number of nitrogens with two attached hydrogens (primary N) is 1. The highest BCUT2D eigenvalue weighted by atomic mass is 19.1. The summed E-state index contributed by atoms with van der Waals surface area (Å²) in [6, 6.07) is 3.43. The van der Waals surface area contributed by atoms with Gasteiger partial charge < -0.3 is 15.6 Å². The molecule has 0 aliphatic rings. The van der Waals surface area contributed by atoms with E-state index in [1.807, 2.05) is 0 Å². The van der Waals surface area contributed by atoms with Crippen LogP contribution in [0.25, 0.3) is 0 Å². The van der Waals surface area contributed by atoms with Crippen molar-refractivity contribution in [2.75, 3.05) is 6.61 Å². The molecule has 0 aromatic heterocycles. The zero-order valence-electron chi connectivity index (χ0n) is 9.81. The molecule has 0 saturated heterocycles. The van der Waals surface area contributed by atoms with Crippen molar-refractivity contribution in [3.63, 3.8) is 0 Å². The first-order chi connectivity index (χ1) is 7.97. The molecule has 0 amide bonds. The number of hydrogen-bond donors (Lipinski definition) is 2. The van der Waals surface area contributed by atoms with E-state index < -0.39 is 18.2 Å². The summed E-state index contributed by atoms with van der Waals surface area (Å²) in [7, 11) is 0. The monoisotopic (exact) mass is 241 g/mol. The predicted octanol–water partition coefficient (Wildman–Crippen LogP) is 1.60. The van der Waals surface area contributed by atoms with Crippen molar-refractivity contribution in [1.82, 2.24) is 0 Å². The molecule has 0 radical (unpaired) electrons. The number of rotatable bonds is 4. The number of phenols is 1. The molecule has 17 heavy (non-hydrogen) atoms. The first-order valence-corrected chi connectivity index (χ1v) is 5.33. The topological polar surface area (TPSA) is 72.5 Å². The zero-order chi connectivity index (χ0) is 13.0. The number of halogens is 1. The first kappa shape index (κ1) is 13.4. The Kier molecular flexibility index (Phi) is 4.45. The molecule has 1 rings (SSSR count). The van der Waals surface area contributed by atoms with E-state index in [1.54, 1.807) is 19.9 Å². The van der Waals surface area contributed by atoms with Crippen LogP contribution in [-0.4, -0.2) is 23.9 Å².